The summed E-state index contributed by atoms with van der Waals surface area (Å²) in [6, 6.07) is 7.42. The van der Waals surface area contributed by atoms with Gasteiger partial charge >= 0.3 is 6.18 Å². The number of ether oxygens (including phenoxy) is 1. The van der Waals surface area contributed by atoms with Gasteiger partial charge in [-0.2, -0.15) is 13.2 Å². The van der Waals surface area contributed by atoms with E-state index < -0.39 is 11.7 Å². The number of hydrogen-bond donors (Lipinski definition) is 0. The van der Waals surface area contributed by atoms with Crippen LogP contribution in [-0.2, 0) is 12.6 Å². The number of alkyl halides is 3. The van der Waals surface area contributed by atoms with E-state index >= 15 is 0 Å². The van der Waals surface area contributed by atoms with Crippen molar-refractivity contribution in [3.8, 4) is 5.75 Å². The molecule has 0 aliphatic rings. The highest BCUT2D eigenvalue weighted by atomic mass is 19.4. The third-order valence-corrected chi connectivity index (χ3v) is 2.89. The molecule has 0 aliphatic heterocycles. The summed E-state index contributed by atoms with van der Waals surface area (Å²) in [4.78, 5) is 4.16. The summed E-state index contributed by atoms with van der Waals surface area (Å²) >= 11 is 0. The minimum atomic E-state index is -4.39. The van der Waals surface area contributed by atoms with Gasteiger partial charge in [-0.05, 0) is 48.4 Å². The van der Waals surface area contributed by atoms with Crippen molar-refractivity contribution in [3.05, 3.63) is 58.9 Å². The molecule has 0 unspecified atom stereocenters. The van der Waals surface area contributed by atoms with E-state index in [0.717, 1.165) is 23.4 Å². The minimum absolute atomic E-state index is 0.197. The smallest absolute Gasteiger partial charge is 0.416 e. The Balaban J connectivity index is 2.36. The lowest BCUT2D eigenvalue weighted by Gasteiger charge is -2.11. The third-order valence-electron chi connectivity index (χ3n) is 2.89. The Bertz CT molecular complexity index is 608. The van der Waals surface area contributed by atoms with E-state index in [9.17, 15) is 13.2 Å². The number of rotatable bonds is 3. The van der Waals surface area contributed by atoms with E-state index in [-0.39, 0.29) is 5.75 Å². The lowest BCUT2D eigenvalue weighted by molar-refractivity contribution is -0.137. The second-order valence-corrected chi connectivity index (χ2v) is 4.57. The van der Waals surface area contributed by atoms with Crippen LogP contribution in [0.25, 0.3) is 0 Å². The van der Waals surface area contributed by atoms with Crippen LogP contribution in [0.3, 0.4) is 0 Å². The van der Waals surface area contributed by atoms with Crippen LogP contribution >= 0.6 is 0 Å². The van der Waals surface area contributed by atoms with E-state index in [4.69, 9.17) is 4.74 Å². The van der Waals surface area contributed by atoms with E-state index in [0.29, 0.717) is 12.0 Å². The molecule has 1 aromatic carbocycles. The Hall–Kier alpha value is -2.04. The minimum Gasteiger partial charge on any atom is -0.497 e. The van der Waals surface area contributed by atoms with Gasteiger partial charge in [-0.1, -0.05) is 0 Å². The highest BCUT2D eigenvalue weighted by Gasteiger charge is 2.31. The van der Waals surface area contributed by atoms with Crippen LogP contribution in [-0.4, -0.2) is 12.1 Å². The normalized spacial score (nSPS) is 11.4. The summed E-state index contributed by atoms with van der Waals surface area (Å²) in [6.45, 7) is 1.91. The summed E-state index contributed by atoms with van der Waals surface area (Å²) in [5.74, 6) is 0.197. The molecular weight excluding hydrogens is 267 g/mol. The van der Waals surface area contributed by atoms with E-state index in [1.165, 1.54) is 7.11 Å². The van der Waals surface area contributed by atoms with Crippen LogP contribution in [0, 0.1) is 6.92 Å². The molecule has 0 radical (unpaired) electrons. The molecule has 2 aromatic rings. The molecular formula is C15H14F3NO. The van der Waals surface area contributed by atoms with Gasteiger partial charge < -0.3 is 4.74 Å². The van der Waals surface area contributed by atoms with Crippen molar-refractivity contribution in [2.45, 2.75) is 19.5 Å². The molecule has 1 aromatic heterocycles. The number of hydrogen-bond acceptors (Lipinski definition) is 2. The average molecular weight is 281 g/mol. The predicted octanol–water partition coefficient (Wildman–Crippen LogP) is 4.01. The molecule has 20 heavy (non-hydrogen) atoms. The van der Waals surface area contributed by atoms with Gasteiger partial charge in [-0.15, -0.1) is 0 Å². The van der Waals surface area contributed by atoms with E-state index in [2.05, 4.69) is 4.98 Å². The fourth-order valence-electron chi connectivity index (χ4n) is 1.95. The Morgan fingerprint density at radius 3 is 2.50 bits per heavy atom. The number of aryl methyl sites for hydroxylation is 1. The summed E-state index contributed by atoms with van der Waals surface area (Å²) in [5.41, 5.74) is 1.56. The molecule has 0 aliphatic carbocycles. The molecule has 0 N–H and O–H groups in total. The van der Waals surface area contributed by atoms with Gasteiger partial charge in [0.05, 0.1) is 12.7 Å². The molecule has 0 saturated carbocycles. The predicted molar refractivity (Wildman–Crippen MR) is 69.8 cm³/mol. The van der Waals surface area contributed by atoms with Gasteiger partial charge in [0, 0.05) is 18.3 Å². The van der Waals surface area contributed by atoms with Crippen LogP contribution in [0.2, 0.25) is 0 Å². The summed E-state index contributed by atoms with van der Waals surface area (Å²) in [7, 11) is 1.35. The number of pyridine rings is 1. The van der Waals surface area contributed by atoms with Crippen LogP contribution in [0.5, 0.6) is 5.75 Å². The lowest BCUT2D eigenvalue weighted by atomic mass is 10.0. The van der Waals surface area contributed by atoms with Gasteiger partial charge in [0.15, 0.2) is 0 Å². The maximum atomic E-state index is 12.8. The van der Waals surface area contributed by atoms with Crippen LogP contribution < -0.4 is 4.74 Å². The first kappa shape index (κ1) is 14.4. The quantitative estimate of drug-likeness (QED) is 0.848. The topological polar surface area (TPSA) is 22.1 Å². The Labute approximate surface area is 115 Å². The van der Waals surface area contributed by atoms with Crippen molar-refractivity contribution in [1.82, 2.24) is 4.98 Å². The zero-order valence-electron chi connectivity index (χ0n) is 11.2. The molecule has 1 heterocycles. The highest BCUT2D eigenvalue weighted by molar-refractivity contribution is 5.38. The van der Waals surface area contributed by atoms with Crippen LogP contribution in [0.1, 0.15) is 22.4 Å². The van der Waals surface area contributed by atoms with Crippen molar-refractivity contribution in [3.63, 3.8) is 0 Å². The maximum absolute atomic E-state index is 12.8. The zero-order valence-corrected chi connectivity index (χ0v) is 11.2. The Kier molecular flexibility index (Phi) is 3.97. The molecule has 0 saturated heterocycles. The van der Waals surface area contributed by atoms with Crippen molar-refractivity contribution >= 4 is 0 Å². The van der Waals surface area contributed by atoms with Crippen molar-refractivity contribution in [1.29, 1.82) is 0 Å². The molecule has 2 rings (SSSR count). The fraction of sp³-hybridized carbons (Fsp3) is 0.267. The SMILES string of the molecule is COc1cc(Cc2cc(C)ccn2)cc(C(F)(F)F)c1. The largest absolute Gasteiger partial charge is 0.497 e. The lowest BCUT2D eigenvalue weighted by Crippen LogP contribution is -2.06. The monoisotopic (exact) mass is 281 g/mol. The van der Waals surface area contributed by atoms with Crippen LogP contribution in [0.15, 0.2) is 36.5 Å². The van der Waals surface area contributed by atoms with Gasteiger partial charge in [0.25, 0.3) is 0 Å². The molecule has 5 heteroatoms. The maximum Gasteiger partial charge on any atom is 0.416 e. The first-order chi connectivity index (χ1) is 9.38. The molecule has 0 fully saturated rings. The standard InChI is InChI=1S/C15H14F3NO/c1-10-3-4-19-13(5-10)7-11-6-12(15(16,17)18)9-14(8-11)20-2/h3-6,8-9H,7H2,1-2H3. The summed E-state index contributed by atoms with van der Waals surface area (Å²) < 4.78 is 43.4. The molecule has 0 atom stereocenters. The second kappa shape index (κ2) is 5.53. The third kappa shape index (κ3) is 3.50. The fourth-order valence-corrected chi connectivity index (χ4v) is 1.95. The van der Waals surface area contributed by atoms with Crippen molar-refractivity contribution in [2.24, 2.45) is 0 Å². The van der Waals surface area contributed by atoms with Crippen molar-refractivity contribution in [2.75, 3.05) is 7.11 Å². The highest BCUT2D eigenvalue weighted by Crippen LogP contribution is 2.33. The molecule has 2 nitrogen and oxygen atoms in total. The first-order valence-electron chi connectivity index (χ1n) is 6.05. The molecule has 0 spiro atoms. The number of halogens is 3. The summed E-state index contributed by atoms with van der Waals surface area (Å²) in [5, 5.41) is 0. The first-order valence-corrected chi connectivity index (χ1v) is 6.05. The Morgan fingerprint density at radius 1 is 1.15 bits per heavy atom. The molecule has 0 amide bonds. The van der Waals surface area contributed by atoms with Gasteiger partial charge in [0.2, 0.25) is 0 Å². The van der Waals surface area contributed by atoms with Gasteiger partial charge in [0.1, 0.15) is 5.75 Å². The summed E-state index contributed by atoms with van der Waals surface area (Å²) in [6.07, 6.45) is -2.40. The number of aromatic nitrogens is 1. The van der Waals surface area contributed by atoms with E-state index in [1.54, 1.807) is 12.3 Å². The van der Waals surface area contributed by atoms with Crippen LogP contribution in [0.4, 0.5) is 13.2 Å². The number of benzene rings is 1. The van der Waals surface area contributed by atoms with Crippen molar-refractivity contribution < 1.29 is 17.9 Å². The number of nitrogens with zero attached hydrogens (tertiary/aromatic N) is 1. The van der Waals surface area contributed by atoms with Gasteiger partial charge in [-0.25, -0.2) is 0 Å². The zero-order chi connectivity index (χ0) is 14.8. The van der Waals surface area contributed by atoms with Gasteiger partial charge in [-0.3, -0.25) is 4.98 Å². The van der Waals surface area contributed by atoms with E-state index in [1.807, 2.05) is 19.1 Å². The Morgan fingerprint density at radius 2 is 1.90 bits per heavy atom. The average Bonchev–Trinajstić information content (AvgIpc) is 2.37. The number of methoxy groups -OCH3 is 1. The second-order valence-electron chi connectivity index (χ2n) is 4.57. The molecule has 106 valence electrons. The molecule has 0 bridgehead atoms.